The summed E-state index contributed by atoms with van der Waals surface area (Å²) in [5, 5.41) is 16.7. The first kappa shape index (κ1) is 54.8. The number of halogens is 4. The number of nitrogens with one attached hydrogen (secondary N) is 1. The highest BCUT2D eigenvalue weighted by Gasteiger charge is 2.41. The number of carbonyl (C=O) groups is 1. The van der Waals surface area contributed by atoms with Gasteiger partial charge in [-0.3, -0.25) is 9.69 Å². The second-order valence-corrected chi connectivity index (χ2v) is 23.9. The summed E-state index contributed by atoms with van der Waals surface area (Å²) >= 11 is 12.8. The first-order chi connectivity index (χ1) is 38.5. The molecule has 2 aliphatic carbocycles. The van der Waals surface area contributed by atoms with Crippen molar-refractivity contribution in [1.82, 2.24) is 24.4 Å². The monoisotopic (exact) mass is 1140 g/mol. The molecule has 2 N–H and O–H groups in total. The first-order valence-electron chi connectivity index (χ1n) is 26.9. The summed E-state index contributed by atoms with van der Waals surface area (Å²) in [6.07, 6.45) is 5.41. The molecule has 6 aromatic carbocycles. The van der Waals surface area contributed by atoms with E-state index in [4.69, 9.17) is 37.8 Å². The fourth-order valence-corrected chi connectivity index (χ4v) is 12.9. The second kappa shape index (κ2) is 22.8. The van der Waals surface area contributed by atoms with E-state index in [9.17, 15) is 18.3 Å². The molecule has 17 heteroatoms. The van der Waals surface area contributed by atoms with Crippen molar-refractivity contribution >= 4 is 61.3 Å². The van der Waals surface area contributed by atoms with E-state index in [0.29, 0.717) is 79.5 Å². The summed E-state index contributed by atoms with van der Waals surface area (Å²) in [7, 11) is -4.56. The minimum atomic E-state index is -4.56. The van der Waals surface area contributed by atoms with Crippen LogP contribution >= 0.6 is 23.2 Å². The molecule has 3 aliphatic rings. The zero-order valence-electron chi connectivity index (χ0n) is 44.1. The summed E-state index contributed by atoms with van der Waals surface area (Å²) in [6.45, 7) is 4.70. The lowest BCUT2D eigenvalue weighted by Gasteiger charge is -2.38. The van der Waals surface area contributed by atoms with Crippen molar-refractivity contribution in [3.63, 3.8) is 0 Å². The van der Waals surface area contributed by atoms with Crippen molar-refractivity contribution in [2.45, 2.75) is 73.8 Å². The Bertz CT molecular complexity index is 3570. The van der Waals surface area contributed by atoms with E-state index in [2.05, 4.69) is 55.9 Å². The van der Waals surface area contributed by atoms with Gasteiger partial charge in [-0.2, -0.15) is 5.10 Å². The molecule has 2 fully saturated rings. The van der Waals surface area contributed by atoms with E-state index in [1.54, 1.807) is 36.5 Å². The van der Waals surface area contributed by atoms with Crippen LogP contribution in [0.25, 0.3) is 16.5 Å². The Morgan fingerprint density at radius 2 is 1.41 bits per heavy atom. The van der Waals surface area contributed by atoms with E-state index in [1.807, 2.05) is 90.5 Å². The minimum absolute atomic E-state index is 0.0449. The predicted octanol–water partition coefficient (Wildman–Crippen LogP) is 13.2. The molecule has 412 valence electrons. The SMILES string of the molecule is CC1(O)CCC(COc2ncc(S(=O)(=O)NC(=O)c3ccc(N4CCN(CC5=C(c6ccc(Cl)cc6)CCC(F)(F)C5)CC4)cc3Oc3cccc4c3cnn4C(c3ccccc3)(c3ccccc3)c3ccccc3)cc2Cl)CC1. The Morgan fingerprint density at radius 3 is 2.04 bits per heavy atom. The fraction of sp³-hybridized carbons (Fsp3) is 0.286. The van der Waals surface area contributed by atoms with Crippen LogP contribution in [0.3, 0.4) is 0 Å². The molecule has 0 spiro atoms. The normalized spacial score (nSPS) is 19.0. The maximum atomic E-state index is 15.0. The third kappa shape index (κ3) is 11.6. The van der Waals surface area contributed by atoms with E-state index in [1.165, 1.54) is 12.1 Å². The average molecular weight is 1140 g/mol. The quantitative estimate of drug-likeness (QED) is 0.0899. The number of aliphatic hydroxyl groups is 1. The lowest BCUT2D eigenvalue weighted by Crippen LogP contribution is -2.47. The fourth-order valence-electron chi connectivity index (χ4n) is 11.5. The lowest BCUT2D eigenvalue weighted by atomic mass is 9.77. The molecule has 2 aromatic heterocycles. The smallest absolute Gasteiger partial charge is 0.268 e. The lowest BCUT2D eigenvalue weighted by molar-refractivity contribution is -0.0109. The molecule has 0 radical (unpaired) electrons. The largest absolute Gasteiger partial charge is 0.476 e. The van der Waals surface area contributed by atoms with Crippen LogP contribution < -0.4 is 19.1 Å². The minimum Gasteiger partial charge on any atom is -0.476 e. The Kier molecular flexibility index (Phi) is 15.6. The van der Waals surface area contributed by atoms with Crippen LogP contribution in [-0.2, 0) is 15.6 Å². The number of hydrogen-bond donors (Lipinski definition) is 2. The third-order valence-corrected chi connectivity index (χ3v) is 17.7. The van der Waals surface area contributed by atoms with Crippen molar-refractivity contribution in [2.75, 3.05) is 44.2 Å². The Balaban J connectivity index is 0.913. The van der Waals surface area contributed by atoms with Crippen LogP contribution in [0.5, 0.6) is 17.4 Å². The van der Waals surface area contributed by atoms with Crippen LogP contribution in [0.2, 0.25) is 10.0 Å². The first-order valence-corrected chi connectivity index (χ1v) is 29.1. The van der Waals surface area contributed by atoms with Gasteiger partial charge < -0.3 is 19.5 Å². The molecule has 0 atom stereocenters. The molecule has 1 saturated carbocycles. The van der Waals surface area contributed by atoms with Gasteiger partial charge >= 0.3 is 0 Å². The number of alkyl halides is 2. The van der Waals surface area contributed by atoms with Crippen LogP contribution in [0.15, 0.2) is 181 Å². The Labute approximate surface area is 474 Å². The molecular weight excluding hydrogens is 1080 g/mol. The van der Waals surface area contributed by atoms with Crippen LogP contribution in [0, 0.1) is 5.92 Å². The number of rotatable bonds is 16. The third-order valence-electron chi connectivity index (χ3n) is 15.8. The number of ether oxygens (including phenoxy) is 2. The van der Waals surface area contributed by atoms with Crippen LogP contribution in [0.1, 0.15) is 84.5 Å². The van der Waals surface area contributed by atoms with Gasteiger partial charge in [-0.25, -0.2) is 31.6 Å². The maximum Gasteiger partial charge on any atom is 0.268 e. The number of hydrogen-bond acceptors (Lipinski definition) is 10. The summed E-state index contributed by atoms with van der Waals surface area (Å²) < 4.78 is 75.1. The van der Waals surface area contributed by atoms with Crippen LogP contribution in [0.4, 0.5) is 14.5 Å². The molecule has 80 heavy (non-hydrogen) atoms. The molecule has 0 unspecified atom stereocenters. The van der Waals surface area contributed by atoms with Gasteiger partial charge in [0.05, 0.1) is 41.1 Å². The second-order valence-electron chi connectivity index (χ2n) is 21.4. The Hall–Kier alpha value is -7.14. The molecule has 11 rings (SSSR count). The van der Waals surface area contributed by atoms with Crippen molar-refractivity contribution < 1.29 is 36.6 Å². The van der Waals surface area contributed by atoms with E-state index < -0.39 is 33.0 Å². The number of sulfonamides is 1. The van der Waals surface area contributed by atoms with Gasteiger partial charge in [0.2, 0.25) is 5.88 Å². The number of piperazine rings is 1. The zero-order valence-corrected chi connectivity index (χ0v) is 46.4. The maximum absolute atomic E-state index is 15.0. The predicted molar refractivity (Wildman–Crippen MR) is 309 cm³/mol. The van der Waals surface area contributed by atoms with E-state index >= 15 is 8.78 Å². The molecular formula is C63H60Cl2F2N6O6S. The summed E-state index contributed by atoms with van der Waals surface area (Å²) in [5.74, 6) is -3.09. The average Bonchev–Trinajstić information content (AvgIpc) is 3.47. The Morgan fingerprint density at radius 1 is 0.775 bits per heavy atom. The number of allylic oxidation sites excluding steroid dienone is 1. The van der Waals surface area contributed by atoms with Crippen molar-refractivity contribution in [1.29, 1.82) is 0 Å². The highest BCUT2D eigenvalue weighted by molar-refractivity contribution is 7.90. The van der Waals surface area contributed by atoms with Gasteiger partial charge in [0.25, 0.3) is 21.9 Å². The number of carbonyl (C=O) groups excluding carboxylic acids is 1. The number of fused-ring (bicyclic) bond motifs is 1. The van der Waals surface area contributed by atoms with Crippen molar-refractivity contribution in [3.8, 4) is 17.4 Å². The van der Waals surface area contributed by atoms with E-state index in [0.717, 1.165) is 52.4 Å². The molecule has 1 saturated heterocycles. The number of pyridine rings is 1. The van der Waals surface area contributed by atoms with Crippen molar-refractivity contribution in [2.24, 2.45) is 5.92 Å². The highest BCUT2D eigenvalue weighted by atomic mass is 35.5. The number of aromatic nitrogens is 3. The topological polar surface area (TPSA) is 139 Å². The molecule has 1 aliphatic heterocycles. The molecule has 0 bridgehead atoms. The molecule has 1 amide bonds. The highest BCUT2D eigenvalue weighted by Crippen LogP contribution is 2.45. The standard InChI is InChI=1S/C63H60Cl2F2N6O6S/c1-61(75)29-26-43(27-30-61)42-78-60-55(65)37-51(39-68-60)80(76,77)70-59(74)53-25-24-50(72-34-32-71(33-35-72)41-45-38-62(66,67)31-28-52(45)44-20-22-49(64)23-21-44)36-58(53)79-57-19-11-18-56-54(57)40-69-73(56)63(46-12-5-2-6-13-46,47-14-7-3-8-15-47)48-16-9-4-10-17-48/h2-25,36-37,39-40,43,75H,26-35,38,41-42H2,1H3,(H,70,74). The van der Waals surface area contributed by atoms with Gasteiger partial charge in [-0.15, -0.1) is 0 Å². The van der Waals surface area contributed by atoms with Gasteiger partial charge in [-0.05, 0) is 121 Å². The zero-order chi connectivity index (χ0) is 55.7. The van der Waals surface area contributed by atoms with Crippen molar-refractivity contribution in [3.05, 3.63) is 214 Å². The summed E-state index contributed by atoms with van der Waals surface area (Å²) in [5.41, 5.74) is 5.13. The van der Waals surface area contributed by atoms with E-state index in [-0.39, 0.29) is 52.3 Å². The van der Waals surface area contributed by atoms with Gasteiger partial charge in [0, 0.05) is 62.3 Å². The van der Waals surface area contributed by atoms with Gasteiger partial charge in [-0.1, -0.05) is 132 Å². The number of amides is 1. The number of anilines is 1. The number of benzene rings is 6. The molecule has 3 heterocycles. The molecule has 12 nitrogen and oxygen atoms in total. The van der Waals surface area contributed by atoms with Crippen LogP contribution in [-0.4, -0.2) is 90.0 Å². The van der Waals surface area contributed by atoms with Gasteiger partial charge in [0.1, 0.15) is 27.0 Å². The molecule has 8 aromatic rings. The summed E-state index contributed by atoms with van der Waals surface area (Å²) in [4.78, 5) is 22.7. The van der Waals surface area contributed by atoms with Gasteiger partial charge in [0.15, 0.2) is 0 Å². The summed E-state index contributed by atoms with van der Waals surface area (Å²) in [6, 6.07) is 49.6. The number of nitrogens with zero attached hydrogens (tertiary/aromatic N) is 5.